The minimum atomic E-state index is 0.431. The number of rotatable bonds is 8. The summed E-state index contributed by atoms with van der Waals surface area (Å²) in [5.74, 6) is 0.741. The smallest absolute Gasteiger partial charge is 0.0472 e. The first kappa shape index (κ1) is 16.3. The molecule has 3 heteroatoms. The normalized spacial score (nSPS) is 22.9. The van der Waals surface area contributed by atoms with Crippen LogP contribution in [0.15, 0.2) is 0 Å². The van der Waals surface area contributed by atoms with Crippen LogP contribution in [-0.2, 0) is 4.74 Å². The van der Waals surface area contributed by atoms with Gasteiger partial charge in [0.1, 0.15) is 0 Å². The molecule has 0 aromatic heterocycles. The van der Waals surface area contributed by atoms with Crippen molar-refractivity contribution in [3.05, 3.63) is 0 Å². The zero-order valence-corrected chi connectivity index (χ0v) is 14.0. The van der Waals surface area contributed by atoms with Gasteiger partial charge in [0.25, 0.3) is 0 Å². The van der Waals surface area contributed by atoms with Crippen molar-refractivity contribution in [2.24, 2.45) is 11.3 Å². The van der Waals surface area contributed by atoms with Crippen LogP contribution in [0.1, 0.15) is 53.4 Å². The second-order valence-electron chi connectivity index (χ2n) is 7.68. The van der Waals surface area contributed by atoms with Gasteiger partial charge in [-0.05, 0) is 50.9 Å². The van der Waals surface area contributed by atoms with Gasteiger partial charge in [-0.1, -0.05) is 13.8 Å². The lowest BCUT2D eigenvalue weighted by Gasteiger charge is -2.43. The molecule has 1 saturated carbocycles. The van der Waals surface area contributed by atoms with Gasteiger partial charge in [-0.25, -0.2) is 0 Å². The van der Waals surface area contributed by atoms with E-state index in [2.05, 4.69) is 37.9 Å². The molecule has 0 unspecified atom stereocenters. The Kier molecular flexibility index (Phi) is 5.88. The van der Waals surface area contributed by atoms with Crippen molar-refractivity contribution in [3.63, 3.8) is 0 Å². The van der Waals surface area contributed by atoms with E-state index in [1.807, 2.05) is 0 Å². The van der Waals surface area contributed by atoms with E-state index in [-0.39, 0.29) is 0 Å². The van der Waals surface area contributed by atoms with Crippen LogP contribution < -0.4 is 5.32 Å². The molecular formula is C17H34N2O. The van der Waals surface area contributed by atoms with Crippen LogP contribution in [-0.4, -0.2) is 49.8 Å². The Balaban J connectivity index is 1.95. The monoisotopic (exact) mass is 282 g/mol. The number of hydrogen-bond donors (Lipinski definition) is 1. The van der Waals surface area contributed by atoms with E-state index < -0.39 is 0 Å². The number of ether oxygens (including phenoxy) is 1. The molecule has 0 atom stereocenters. The van der Waals surface area contributed by atoms with Crippen LogP contribution in [0.4, 0.5) is 0 Å². The van der Waals surface area contributed by atoms with E-state index in [1.165, 1.54) is 45.3 Å². The fourth-order valence-electron chi connectivity index (χ4n) is 3.20. The molecule has 3 nitrogen and oxygen atoms in total. The molecule has 0 aromatic carbocycles. The molecule has 1 aliphatic carbocycles. The van der Waals surface area contributed by atoms with Crippen LogP contribution in [0.3, 0.4) is 0 Å². The highest BCUT2D eigenvalue weighted by atomic mass is 16.5. The van der Waals surface area contributed by atoms with E-state index in [1.54, 1.807) is 0 Å². The molecule has 0 spiro atoms. The van der Waals surface area contributed by atoms with Crippen LogP contribution in [0.2, 0.25) is 0 Å². The number of nitrogens with one attached hydrogen (secondary N) is 1. The largest absolute Gasteiger partial charge is 0.381 e. The number of nitrogens with zero attached hydrogens (tertiary/aromatic N) is 1. The predicted molar refractivity (Wildman–Crippen MR) is 85.1 cm³/mol. The van der Waals surface area contributed by atoms with Gasteiger partial charge < -0.3 is 15.0 Å². The molecule has 1 N–H and O–H groups in total. The summed E-state index contributed by atoms with van der Waals surface area (Å²) in [7, 11) is 0. The topological polar surface area (TPSA) is 24.5 Å². The van der Waals surface area contributed by atoms with Gasteiger partial charge in [-0.15, -0.1) is 0 Å². The maximum atomic E-state index is 5.62. The summed E-state index contributed by atoms with van der Waals surface area (Å²) < 4.78 is 5.62. The third-order valence-electron chi connectivity index (χ3n) is 4.77. The highest BCUT2D eigenvalue weighted by Gasteiger charge is 2.36. The van der Waals surface area contributed by atoms with E-state index in [4.69, 9.17) is 4.74 Å². The minimum Gasteiger partial charge on any atom is -0.381 e. The summed E-state index contributed by atoms with van der Waals surface area (Å²) in [6, 6.07) is 1.45. The average molecular weight is 282 g/mol. The molecule has 0 amide bonds. The summed E-state index contributed by atoms with van der Waals surface area (Å²) in [6.07, 6.45) is 5.20. The Morgan fingerprint density at radius 2 is 1.80 bits per heavy atom. The second-order valence-corrected chi connectivity index (χ2v) is 7.68. The molecule has 2 aliphatic rings. The van der Waals surface area contributed by atoms with Gasteiger partial charge in [0.05, 0.1) is 0 Å². The summed E-state index contributed by atoms with van der Waals surface area (Å²) in [5, 5.41) is 3.78. The van der Waals surface area contributed by atoms with Gasteiger partial charge in [-0.2, -0.15) is 0 Å². The summed E-state index contributed by atoms with van der Waals surface area (Å²) in [6.45, 7) is 14.8. The lowest BCUT2D eigenvalue weighted by atomic mass is 9.79. The highest BCUT2D eigenvalue weighted by Crippen LogP contribution is 2.33. The van der Waals surface area contributed by atoms with E-state index in [0.717, 1.165) is 25.2 Å². The Morgan fingerprint density at radius 1 is 1.15 bits per heavy atom. The molecule has 1 saturated heterocycles. The molecule has 0 bridgehead atoms. The van der Waals surface area contributed by atoms with Crippen molar-refractivity contribution in [2.45, 2.75) is 65.5 Å². The van der Waals surface area contributed by atoms with Crippen molar-refractivity contribution < 1.29 is 4.74 Å². The lowest BCUT2D eigenvalue weighted by Crippen LogP contribution is -2.50. The van der Waals surface area contributed by atoms with E-state index in [0.29, 0.717) is 11.5 Å². The first-order valence-electron chi connectivity index (χ1n) is 8.56. The SMILES string of the molecule is CC(C)CN(CC1(CNC2CC2)CCOCC1)C(C)C. The van der Waals surface area contributed by atoms with Crippen molar-refractivity contribution in [1.29, 1.82) is 0 Å². The van der Waals surface area contributed by atoms with Gasteiger partial charge in [0.15, 0.2) is 0 Å². The summed E-state index contributed by atoms with van der Waals surface area (Å²) in [5.41, 5.74) is 0.431. The molecule has 118 valence electrons. The van der Waals surface area contributed by atoms with Crippen molar-refractivity contribution in [1.82, 2.24) is 10.2 Å². The summed E-state index contributed by atoms with van der Waals surface area (Å²) >= 11 is 0. The fraction of sp³-hybridized carbons (Fsp3) is 1.00. The number of hydrogen-bond acceptors (Lipinski definition) is 3. The van der Waals surface area contributed by atoms with Crippen LogP contribution >= 0.6 is 0 Å². The Hall–Kier alpha value is -0.120. The van der Waals surface area contributed by atoms with Crippen LogP contribution in [0.25, 0.3) is 0 Å². The zero-order valence-electron chi connectivity index (χ0n) is 14.0. The minimum absolute atomic E-state index is 0.431. The van der Waals surface area contributed by atoms with Crippen molar-refractivity contribution >= 4 is 0 Å². The first-order chi connectivity index (χ1) is 9.51. The van der Waals surface area contributed by atoms with Gasteiger partial charge in [0.2, 0.25) is 0 Å². The first-order valence-corrected chi connectivity index (χ1v) is 8.56. The predicted octanol–water partition coefficient (Wildman–Crippen LogP) is 2.90. The van der Waals surface area contributed by atoms with Gasteiger partial charge >= 0.3 is 0 Å². The Morgan fingerprint density at radius 3 is 2.30 bits per heavy atom. The fourth-order valence-corrected chi connectivity index (χ4v) is 3.20. The molecule has 2 rings (SSSR count). The zero-order chi connectivity index (χ0) is 14.6. The lowest BCUT2D eigenvalue weighted by molar-refractivity contribution is -0.0117. The van der Waals surface area contributed by atoms with Crippen LogP contribution in [0.5, 0.6) is 0 Å². The Labute approximate surface area is 125 Å². The third-order valence-corrected chi connectivity index (χ3v) is 4.77. The molecule has 0 radical (unpaired) electrons. The average Bonchev–Trinajstić information content (AvgIpc) is 3.20. The highest BCUT2D eigenvalue weighted by molar-refractivity contribution is 4.91. The maximum Gasteiger partial charge on any atom is 0.0472 e. The van der Waals surface area contributed by atoms with Crippen molar-refractivity contribution in [2.75, 3.05) is 32.8 Å². The molecule has 2 fully saturated rings. The van der Waals surface area contributed by atoms with Crippen LogP contribution in [0, 0.1) is 11.3 Å². The third kappa shape index (κ3) is 5.01. The van der Waals surface area contributed by atoms with E-state index in [9.17, 15) is 0 Å². The molecular weight excluding hydrogens is 248 g/mol. The van der Waals surface area contributed by atoms with Crippen molar-refractivity contribution in [3.8, 4) is 0 Å². The second kappa shape index (κ2) is 7.24. The van der Waals surface area contributed by atoms with Gasteiger partial charge in [0, 0.05) is 44.9 Å². The van der Waals surface area contributed by atoms with E-state index >= 15 is 0 Å². The quantitative estimate of drug-likeness (QED) is 0.741. The summed E-state index contributed by atoms with van der Waals surface area (Å²) in [4.78, 5) is 2.69. The molecule has 1 heterocycles. The Bertz CT molecular complexity index is 281. The molecule has 0 aromatic rings. The standard InChI is InChI=1S/C17H34N2O/c1-14(2)11-19(15(3)4)13-17(7-9-20-10-8-17)12-18-16-5-6-16/h14-16,18H,5-13H2,1-4H3. The molecule has 20 heavy (non-hydrogen) atoms. The van der Waals surface area contributed by atoms with Gasteiger partial charge in [-0.3, -0.25) is 0 Å². The molecule has 1 aliphatic heterocycles. The maximum absolute atomic E-state index is 5.62.